The van der Waals surface area contributed by atoms with Crippen molar-refractivity contribution in [3.8, 4) is 0 Å². The number of nitrogens with zero attached hydrogens (tertiary/aromatic N) is 1. The summed E-state index contributed by atoms with van der Waals surface area (Å²) in [6, 6.07) is 6.90. The van der Waals surface area contributed by atoms with Crippen LogP contribution in [0.15, 0.2) is 34.2 Å². The van der Waals surface area contributed by atoms with Gasteiger partial charge in [-0.05, 0) is 30.0 Å². The second kappa shape index (κ2) is 13.5. The van der Waals surface area contributed by atoms with Crippen LogP contribution in [0.3, 0.4) is 0 Å². The lowest BCUT2D eigenvalue weighted by atomic mass is 9.99. The zero-order chi connectivity index (χ0) is 20.8. The second-order valence-electron chi connectivity index (χ2n) is 6.76. The van der Waals surface area contributed by atoms with Crippen molar-refractivity contribution >= 4 is 16.0 Å². The number of hydrogen-bond donors (Lipinski definition) is 3. The smallest absolute Gasteiger partial charge is 0.240 e. The summed E-state index contributed by atoms with van der Waals surface area (Å²) in [7, 11) is -0.262. The maximum Gasteiger partial charge on any atom is 0.240 e. The Balaban J connectivity index is 2.61. The number of unbranched alkanes of at least 4 members (excludes halogenated alkanes) is 1. The Bertz CT molecular complexity index is 692. The molecule has 1 atom stereocenters. The first-order chi connectivity index (χ1) is 13.5. The minimum atomic E-state index is -3.54. The van der Waals surface area contributed by atoms with Crippen molar-refractivity contribution in [1.29, 1.82) is 0 Å². The summed E-state index contributed by atoms with van der Waals surface area (Å²) in [5.41, 5.74) is 0.871. The Labute approximate surface area is 170 Å². The van der Waals surface area contributed by atoms with Gasteiger partial charge in [-0.25, -0.2) is 13.1 Å². The van der Waals surface area contributed by atoms with E-state index in [0.717, 1.165) is 24.5 Å². The quantitative estimate of drug-likeness (QED) is 0.263. The molecule has 0 aliphatic carbocycles. The van der Waals surface area contributed by atoms with E-state index in [9.17, 15) is 8.42 Å². The molecule has 0 fully saturated rings. The normalized spacial score (nSPS) is 13.4. The van der Waals surface area contributed by atoms with Crippen LogP contribution in [0.2, 0.25) is 0 Å². The van der Waals surface area contributed by atoms with Gasteiger partial charge in [0.25, 0.3) is 0 Å². The van der Waals surface area contributed by atoms with E-state index in [2.05, 4.69) is 34.2 Å². The molecule has 28 heavy (non-hydrogen) atoms. The fourth-order valence-corrected chi connectivity index (χ4v) is 3.86. The number of hydrogen-bond acceptors (Lipinski definition) is 4. The molecule has 1 unspecified atom stereocenters. The largest absolute Gasteiger partial charge is 0.383 e. The highest BCUT2D eigenvalue weighted by atomic mass is 32.2. The number of nitrogens with one attached hydrogen (secondary N) is 3. The number of sulfonamides is 1. The van der Waals surface area contributed by atoms with Gasteiger partial charge in [0, 0.05) is 33.8 Å². The second-order valence-corrected chi connectivity index (χ2v) is 8.53. The highest BCUT2D eigenvalue weighted by Gasteiger charge is 2.14. The van der Waals surface area contributed by atoms with E-state index in [1.165, 1.54) is 26.4 Å². The van der Waals surface area contributed by atoms with E-state index in [1.54, 1.807) is 25.2 Å². The molecule has 1 aromatic rings. The third-order valence-electron chi connectivity index (χ3n) is 4.59. The molecular formula is C20H36N4O3S. The van der Waals surface area contributed by atoms with Crippen molar-refractivity contribution in [2.45, 2.75) is 51.0 Å². The Kier molecular flexibility index (Phi) is 11.8. The average Bonchev–Trinajstić information content (AvgIpc) is 2.70. The van der Waals surface area contributed by atoms with Gasteiger partial charge in [0.2, 0.25) is 10.0 Å². The maximum absolute atomic E-state index is 12.3. The Hall–Kier alpha value is -1.64. The van der Waals surface area contributed by atoms with Crippen LogP contribution in [0.4, 0.5) is 0 Å². The van der Waals surface area contributed by atoms with Crippen LogP contribution in [0, 0.1) is 5.92 Å². The fourth-order valence-electron chi connectivity index (χ4n) is 2.77. The highest BCUT2D eigenvalue weighted by Crippen LogP contribution is 2.12. The molecule has 0 saturated carbocycles. The monoisotopic (exact) mass is 412 g/mol. The first-order valence-electron chi connectivity index (χ1n) is 9.98. The Morgan fingerprint density at radius 1 is 1.25 bits per heavy atom. The van der Waals surface area contributed by atoms with E-state index in [0.29, 0.717) is 19.1 Å². The summed E-state index contributed by atoms with van der Waals surface area (Å²) in [6.45, 7) is 6.38. The maximum atomic E-state index is 12.3. The van der Waals surface area contributed by atoms with Gasteiger partial charge in [-0.15, -0.1) is 0 Å². The van der Waals surface area contributed by atoms with Gasteiger partial charge < -0.3 is 15.4 Å². The highest BCUT2D eigenvalue weighted by molar-refractivity contribution is 7.89. The number of ether oxygens (including phenoxy) is 1. The van der Waals surface area contributed by atoms with Crippen molar-refractivity contribution in [3.63, 3.8) is 0 Å². The lowest BCUT2D eigenvalue weighted by molar-refractivity contribution is 0.204. The summed E-state index contributed by atoms with van der Waals surface area (Å²) < 4.78 is 32.1. The molecule has 7 nitrogen and oxygen atoms in total. The van der Waals surface area contributed by atoms with E-state index >= 15 is 0 Å². The standard InChI is InChI=1S/C20H36N4O3S/c1-5-7-9-17(6-2)15-22-20(21-3)23-16-18-10-8-11-19(14-18)28(25,26)24-12-13-27-4/h8,10-11,14,17,24H,5-7,9,12-13,15-16H2,1-4H3,(H2,21,22,23). The van der Waals surface area contributed by atoms with E-state index < -0.39 is 10.0 Å². The van der Waals surface area contributed by atoms with Gasteiger partial charge in [0.15, 0.2) is 5.96 Å². The SMILES string of the molecule is CCCCC(CC)CNC(=NC)NCc1cccc(S(=O)(=O)NCCOC)c1. The van der Waals surface area contributed by atoms with E-state index in [1.807, 2.05) is 6.07 Å². The van der Waals surface area contributed by atoms with E-state index in [4.69, 9.17) is 4.74 Å². The molecule has 0 aliphatic rings. The molecule has 0 saturated heterocycles. The van der Waals surface area contributed by atoms with Crippen molar-refractivity contribution in [2.24, 2.45) is 10.9 Å². The van der Waals surface area contributed by atoms with Crippen LogP contribution in [-0.2, 0) is 21.3 Å². The number of guanidine groups is 1. The lowest BCUT2D eigenvalue weighted by Gasteiger charge is -2.18. The topological polar surface area (TPSA) is 91.8 Å². The predicted molar refractivity (Wildman–Crippen MR) is 115 cm³/mol. The minimum Gasteiger partial charge on any atom is -0.383 e. The van der Waals surface area contributed by atoms with Crippen LogP contribution < -0.4 is 15.4 Å². The third-order valence-corrected chi connectivity index (χ3v) is 6.05. The van der Waals surface area contributed by atoms with Gasteiger partial charge >= 0.3 is 0 Å². The first kappa shape index (κ1) is 24.4. The molecule has 0 spiro atoms. The summed E-state index contributed by atoms with van der Waals surface area (Å²) in [5.74, 6) is 1.35. The van der Waals surface area contributed by atoms with Crippen molar-refractivity contribution in [2.75, 3.05) is 33.9 Å². The van der Waals surface area contributed by atoms with Gasteiger partial charge in [-0.3, -0.25) is 4.99 Å². The van der Waals surface area contributed by atoms with Gasteiger partial charge in [0.05, 0.1) is 11.5 Å². The van der Waals surface area contributed by atoms with Gasteiger partial charge in [-0.1, -0.05) is 45.2 Å². The summed E-state index contributed by atoms with van der Waals surface area (Å²) in [4.78, 5) is 4.51. The molecule has 0 aliphatic heterocycles. The van der Waals surface area contributed by atoms with Gasteiger partial charge in [0.1, 0.15) is 0 Å². The molecule has 3 N–H and O–H groups in total. The molecule has 1 rings (SSSR count). The molecule has 0 bridgehead atoms. The predicted octanol–water partition coefficient (Wildman–Crippen LogP) is 2.49. The van der Waals surface area contributed by atoms with E-state index in [-0.39, 0.29) is 11.4 Å². The molecule has 0 aromatic heterocycles. The zero-order valence-corrected chi connectivity index (χ0v) is 18.4. The molecule has 0 radical (unpaired) electrons. The Morgan fingerprint density at radius 3 is 2.68 bits per heavy atom. The molecule has 1 aromatic carbocycles. The number of rotatable bonds is 13. The van der Waals surface area contributed by atoms with Crippen molar-refractivity contribution in [3.05, 3.63) is 29.8 Å². The van der Waals surface area contributed by atoms with Crippen LogP contribution >= 0.6 is 0 Å². The summed E-state index contributed by atoms with van der Waals surface area (Å²) >= 11 is 0. The number of aliphatic imine (C=N–C) groups is 1. The first-order valence-corrected chi connectivity index (χ1v) is 11.5. The molecule has 0 heterocycles. The van der Waals surface area contributed by atoms with Crippen LogP contribution in [-0.4, -0.2) is 48.2 Å². The van der Waals surface area contributed by atoms with Gasteiger partial charge in [-0.2, -0.15) is 0 Å². The third kappa shape index (κ3) is 9.03. The molecule has 160 valence electrons. The lowest BCUT2D eigenvalue weighted by Crippen LogP contribution is -2.39. The Morgan fingerprint density at radius 2 is 2.04 bits per heavy atom. The van der Waals surface area contributed by atoms with Crippen LogP contribution in [0.1, 0.15) is 45.1 Å². The van der Waals surface area contributed by atoms with Crippen LogP contribution in [0.25, 0.3) is 0 Å². The summed E-state index contributed by atoms with van der Waals surface area (Å²) in [6.07, 6.45) is 4.81. The molecule has 0 amide bonds. The zero-order valence-electron chi connectivity index (χ0n) is 17.6. The summed E-state index contributed by atoms with van der Waals surface area (Å²) in [5, 5.41) is 6.63. The molecule has 8 heteroatoms. The number of benzene rings is 1. The van der Waals surface area contributed by atoms with Crippen molar-refractivity contribution in [1.82, 2.24) is 15.4 Å². The number of methoxy groups -OCH3 is 1. The fraction of sp³-hybridized carbons (Fsp3) is 0.650. The molecular weight excluding hydrogens is 376 g/mol. The average molecular weight is 413 g/mol. The minimum absolute atomic E-state index is 0.245. The van der Waals surface area contributed by atoms with Crippen LogP contribution in [0.5, 0.6) is 0 Å². The van der Waals surface area contributed by atoms with Crippen molar-refractivity contribution < 1.29 is 13.2 Å².